The molecule has 0 aliphatic carbocycles. The molecular formula is C18H16O2S2. The Kier molecular flexibility index (Phi) is 4.00. The number of aryl methyl sites for hydroxylation is 1. The molecule has 0 aromatic heterocycles. The van der Waals surface area contributed by atoms with Crippen molar-refractivity contribution in [2.75, 3.05) is 0 Å². The minimum absolute atomic E-state index is 0.309. The van der Waals surface area contributed by atoms with E-state index >= 15 is 0 Å². The maximum atomic E-state index is 11.7. The molecule has 0 fully saturated rings. The maximum Gasteiger partial charge on any atom is 0.171 e. The van der Waals surface area contributed by atoms with Crippen LogP contribution in [-0.2, 0) is 26.4 Å². The lowest BCUT2D eigenvalue weighted by molar-refractivity contribution is 0.561. The van der Waals surface area contributed by atoms with Gasteiger partial charge in [0.1, 0.15) is 0 Å². The van der Waals surface area contributed by atoms with Gasteiger partial charge in [0.2, 0.25) is 0 Å². The van der Waals surface area contributed by atoms with Crippen LogP contribution in [0.2, 0.25) is 0 Å². The van der Waals surface area contributed by atoms with Crippen molar-refractivity contribution >= 4 is 30.7 Å². The van der Waals surface area contributed by atoms with Crippen molar-refractivity contribution < 1.29 is 8.76 Å². The van der Waals surface area contributed by atoms with E-state index in [4.69, 9.17) is 0 Å². The van der Waals surface area contributed by atoms with Crippen molar-refractivity contribution in [2.45, 2.75) is 18.2 Å². The fourth-order valence-electron chi connectivity index (χ4n) is 2.65. The second kappa shape index (κ2) is 5.80. The molecule has 3 rings (SSSR count). The first kappa shape index (κ1) is 15.2. The van der Waals surface area contributed by atoms with Crippen molar-refractivity contribution in [1.29, 1.82) is 0 Å². The highest BCUT2D eigenvalue weighted by Gasteiger charge is 2.10. The summed E-state index contributed by atoms with van der Waals surface area (Å²) >= 11 is 4.68. The molecular weight excluding hydrogens is 312 g/mol. The van der Waals surface area contributed by atoms with Crippen LogP contribution in [0.5, 0.6) is 0 Å². The minimum atomic E-state index is -3.34. The third-order valence-corrected chi connectivity index (χ3v) is 5.31. The molecule has 0 aliphatic rings. The van der Waals surface area contributed by atoms with E-state index < -0.39 is 8.77 Å². The SMILES string of the molecule is Cc1ccc(S(=O)(O)=S)cc1Cc1cccc2ccccc12. The molecule has 2 nitrogen and oxygen atoms in total. The van der Waals surface area contributed by atoms with E-state index in [-0.39, 0.29) is 0 Å². The zero-order valence-corrected chi connectivity index (χ0v) is 13.8. The topological polar surface area (TPSA) is 37.3 Å². The zero-order valence-electron chi connectivity index (χ0n) is 12.2. The number of hydrogen-bond donors (Lipinski definition) is 1. The Morgan fingerprint density at radius 2 is 1.73 bits per heavy atom. The predicted octanol–water partition coefficient (Wildman–Crippen LogP) is 4.32. The molecule has 112 valence electrons. The van der Waals surface area contributed by atoms with Crippen LogP contribution in [0.1, 0.15) is 16.7 Å². The Morgan fingerprint density at radius 3 is 2.50 bits per heavy atom. The molecule has 0 spiro atoms. The molecule has 1 N–H and O–H groups in total. The smallest absolute Gasteiger partial charge is 0.171 e. The van der Waals surface area contributed by atoms with Crippen LogP contribution in [-0.4, -0.2) is 8.76 Å². The van der Waals surface area contributed by atoms with Crippen LogP contribution in [0.4, 0.5) is 0 Å². The van der Waals surface area contributed by atoms with E-state index in [1.54, 1.807) is 12.1 Å². The van der Waals surface area contributed by atoms with Crippen LogP contribution in [0, 0.1) is 6.92 Å². The van der Waals surface area contributed by atoms with Crippen LogP contribution >= 0.6 is 0 Å². The van der Waals surface area contributed by atoms with Gasteiger partial charge < -0.3 is 4.55 Å². The van der Waals surface area contributed by atoms with Crippen molar-refractivity contribution in [3.05, 3.63) is 77.4 Å². The van der Waals surface area contributed by atoms with Gasteiger partial charge in [-0.3, -0.25) is 0 Å². The quantitative estimate of drug-likeness (QED) is 0.778. The van der Waals surface area contributed by atoms with E-state index in [2.05, 4.69) is 35.5 Å². The van der Waals surface area contributed by atoms with Gasteiger partial charge in [-0.05, 0) is 52.9 Å². The Balaban J connectivity index is 2.09. The van der Waals surface area contributed by atoms with Crippen molar-refractivity contribution in [1.82, 2.24) is 0 Å². The molecule has 0 radical (unpaired) electrons. The van der Waals surface area contributed by atoms with Crippen LogP contribution in [0.25, 0.3) is 10.8 Å². The fourth-order valence-corrected chi connectivity index (χ4v) is 3.49. The van der Waals surface area contributed by atoms with Crippen molar-refractivity contribution in [3.8, 4) is 0 Å². The van der Waals surface area contributed by atoms with Crippen LogP contribution in [0.3, 0.4) is 0 Å². The Morgan fingerprint density at radius 1 is 1.00 bits per heavy atom. The van der Waals surface area contributed by atoms with E-state index in [1.165, 1.54) is 16.3 Å². The van der Waals surface area contributed by atoms with E-state index in [1.807, 2.05) is 31.2 Å². The van der Waals surface area contributed by atoms with Gasteiger partial charge in [0.25, 0.3) is 0 Å². The van der Waals surface area contributed by atoms with Crippen LogP contribution in [0.15, 0.2) is 65.6 Å². The monoisotopic (exact) mass is 328 g/mol. The summed E-state index contributed by atoms with van der Waals surface area (Å²) in [5.74, 6) is 0. The predicted molar refractivity (Wildman–Crippen MR) is 94.3 cm³/mol. The van der Waals surface area contributed by atoms with Crippen molar-refractivity contribution in [3.63, 3.8) is 0 Å². The summed E-state index contributed by atoms with van der Waals surface area (Å²) in [7, 11) is -3.34. The van der Waals surface area contributed by atoms with Gasteiger partial charge in [0.15, 0.2) is 8.77 Å². The normalized spacial score (nSPS) is 13.9. The largest absolute Gasteiger partial charge is 0.302 e. The van der Waals surface area contributed by atoms with Gasteiger partial charge in [0, 0.05) is 11.2 Å². The molecule has 0 saturated carbocycles. The molecule has 0 aliphatic heterocycles. The average molecular weight is 328 g/mol. The van der Waals surface area contributed by atoms with Crippen molar-refractivity contribution in [2.24, 2.45) is 0 Å². The van der Waals surface area contributed by atoms with Gasteiger partial charge in [-0.2, -0.15) is 0 Å². The maximum absolute atomic E-state index is 11.7. The summed E-state index contributed by atoms with van der Waals surface area (Å²) in [5.41, 5.74) is 3.32. The third kappa shape index (κ3) is 3.04. The Labute approximate surface area is 135 Å². The molecule has 22 heavy (non-hydrogen) atoms. The summed E-state index contributed by atoms with van der Waals surface area (Å²) in [6, 6.07) is 19.7. The molecule has 0 amide bonds. The van der Waals surface area contributed by atoms with E-state index in [0.717, 1.165) is 11.1 Å². The van der Waals surface area contributed by atoms with E-state index in [0.29, 0.717) is 11.3 Å². The third-order valence-electron chi connectivity index (χ3n) is 3.88. The number of benzene rings is 3. The molecule has 4 heteroatoms. The molecule has 0 saturated heterocycles. The summed E-state index contributed by atoms with van der Waals surface area (Å²) in [4.78, 5) is 0.309. The lowest BCUT2D eigenvalue weighted by atomic mass is 9.96. The highest BCUT2D eigenvalue weighted by molar-refractivity contribution is 8.29. The summed E-state index contributed by atoms with van der Waals surface area (Å²) < 4.78 is 21.3. The molecule has 1 atom stereocenters. The summed E-state index contributed by atoms with van der Waals surface area (Å²) in [6.07, 6.45) is 0.714. The average Bonchev–Trinajstić information content (AvgIpc) is 2.49. The first-order valence-corrected chi connectivity index (χ1v) is 9.43. The first-order valence-electron chi connectivity index (χ1n) is 6.99. The van der Waals surface area contributed by atoms with Gasteiger partial charge in [-0.25, -0.2) is 4.21 Å². The molecule has 3 aromatic carbocycles. The lowest BCUT2D eigenvalue weighted by Crippen LogP contribution is -2.00. The van der Waals surface area contributed by atoms with Gasteiger partial charge >= 0.3 is 0 Å². The summed E-state index contributed by atoms with van der Waals surface area (Å²) in [6.45, 7) is 2.01. The van der Waals surface area contributed by atoms with Gasteiger partial charge in [-0.1, -0.05) is 48.5 Å². The standard InChI is InChI=1S/C18H16O2S2/c1-13-9-10-17(22(19,20)21)12-16(13)11-15-7-4-6-14-5-2-3-8-18(14)15/h2-10,12H,11H2,1H3,(H,19,20,21). The Bertz CT molecular complexity index is 939. The van der Waals surface area contributed by atoms with Gasteiger partial charge in [0.05, 0.1) is 4.90 Å². The molecule has 1 unspecified atom stereocenters. The molecule has 3 aromatic rings. The zero-order chi connectivity index (χ0) is 15.7. The molecule has 0 bridgehead atoms. The molecule has 0 heterocycles. The lowest BCUT2D eigenvalue weighted by Gasteiger charge is -2.11. The fraction of sp³-hybridized carbons (Fsp3) is 0.111. The second-order valence-corrected chi connectivity index (χ2v) is 8.16. The number of rotatable bonds is 3. The highest BCUT2D eigenvalue weighted by atomic mass is 32.8. The minimum Gasteiger partial charge on any atom is -0.302 e. The Hall–Kier alpha value is -1.75. The summed E-state index contributed by atoms with van der Waals surface area (Å²) in [5, 5.41) is 2.40. The second-order valence-electron chi connectivity index (χ2n) is 5.38. The highest BCUT2D eigenvalue weighted by Crippen LogP contribution is 2.24. The van der Waals surface area contributed by atoms with Crippen LogP contribution < -0.4 is 0 Å². The first-order chi connectivity index (χ1) is 10.4. The number of hydrogen-bond acceptors (Lipinski definition) is 2. The van der Waals surface area contributed by atoms with Gasteiger partial charge in [-0.15, -0.1) is 0 Å². The van der Waals surface area contributed by atoms with E-state index in [9.17, 15) is 8.76 Å². The number of fused-ring (bicyclic) bond motifs is 1.